The molecular formula is C12H15FOS. The molecule has 0 saturated carbocycles. The van der Waals surface area contributed by atoms with E-state index in [1.165, 1.54) is 0 Å². The first kappa shape index (κ1) is 10.8. The highest BCUT2D eigenvalue weighted by Crippen LogP contribution is 2.44. The number of phenols is 1. The Morgan fingerprint density at radius 2 is 2.20 bits per heavy atom. The molecule has 0 aromatic heterocycles. The first-order chi connectivity index (χ1) is 7.12. The van der Waals surface area contributed by atoms with Crippen molar-refractivity contribution in [3.05, 3.63) is 29.8 Å². The molecule has 2 rings (SSSR count). The highest BCUT2D eigenvalue weighted by Gasteiger charge is 2.39. The smallest absolute Gasteiger partial charge is 0.140 e. The summed E-state index contributed by atoms with van der Waals surface area (Å²) < 4.78 is 14.6. The van der Waals surface area contributed by atoms with Crippen molar-refractivity contribution in [2.24, 2.45) is 5.92 Å². The van der Waals surface area contributed by atoms with Crippen LogP contribution < -0.4 is 0 Å². The van der Waals surface area contributed by atoms with Crippen LogP contribution in [0.1, 0.15) is 18.9 Å². The zero-order valence-electron chi connectivity index (χ0n) is 8.74. The monoisotopic (exact) mass is 226 g/mol. The van der Waals surface area contributed by atoms with Gasteiger partial charge in [0.1, 0.15) is 11.4 Å². The van der Waals surface area contributed by atoms with Crippen molar-refractivity contribution in [3.8, 4) is 5.75 Å². The van der Waals surface area contributed by atoms with E-state index < -0.39 is 5.67 Å². The second-order valence-electron chi connectivity index (χ2n) is 4.15. The van der Waals surface area contributed by atoms with Gasteiger partial charge in [0.15, 0.2) is 0 Å². The van der Waals surface area contributed by atoms with Gasteiger partial charge in [-0.1, -0.05) is 18.2 Å². The molecule has 0 bridgehead atoms. The van der Waals surface area contributed by atoms with E-state index in [4.69, 9.17) is 0 Å². The molecule has 1 N–H and O–H groups in total. The number of thioether (sulfide) groups is 1. The Kier molecular flexibility index (Phi) is 2.91. The van der Waals surface area contributed by atoms with Crippen LogP contribution in [0.2, 0.25) is 0 Å². The Labute approximate surface area is 93.7 Å². The van der Waals surface area contributed by atoms with E-state index in [2.05, 4.69) is 0 Å². The fraction of sp³-hybridized carbons (Fsp3) is 0.500. The minimum atomic E-state index is -1.41. The van der Waals surface area contributed by atoms with E-state index in [0.29, 0.717) is 5.56 Å². The van der Waals surface area contributed by atoms with Gasteiger partial charge in [0, 0.05) is 11.5 Å². The maximum atomic E-state index is 14.6. The standard InChI is InChI=1S/C12H15FOS/c1-12(13,9-6-7-15-8-9)10-4-2-3-5-11(10)14/h2-5,9,14H,6-8H2,1H3. The number of hydrogen-bond donors (Lipinski definition) is 1. The molecule has 82 valence electrons. The van der Waals surface area contributed by atoms with E-state index in [1.54, 1.807) is 43.0 Å². The van der Waals surface area contributed by atoms with Gasteiger partial charge in [0.2, 0.25) is 0 Å². The van der Waals surface area contributed by atoms with Crippen molar-refractivity contribution in [2.75, 3.05) is 11.5 Å². The molecule has 0 aliphatic carbocycles. The van der Waals surface area contributed by atoms with Crippen molar-refractivity contribution in [1.82, 2.24) is 0 Å². The molecule has 1 fully saturated rings. The van der Waals surface area contributed by atoms with Gasteiger partial charge in [0.05, 0.1) is 0 Å². The van der Waals surface area contributed by atoms with Crippen LogP contribution in [0.5, 0.6) is 5.75 Å². The number of benzene rings is 1. The largest absolute Gasteiger partial charge is 0.508 e. The number of para-hydroxylation sites is 1. The third-order valence-electron chi connectivity index (χ3n) is 3.13. The Hall–Kier alpha value is -0.700. The second kappa shape index (κ2) is 4.05. The average Bonchev–Trinajstić information content (AvgIpc) is 2.71. The molecule has 0 spiro atoms. The fourth-order valence-corrected chi connectivity index (χ4v) is 3.45. The molecule has 2 unspecified atom stereocenters. The first-order valence-electron chi connectivity index (χ1n) is 5.17. The Bertz CT molecular complexity index is 345. The van der Waals surface area contributed by atoms with Gasteiger partial charge >= 0.3 is 0 Å². The summed E-state index contributed by atoms with van der Waals surface area (Å²) in [6, 6.07) is 6.72. The third kappa shape index (κ3) is 1.98. The Balaban J connectivity index is 2.31. The summed E-state index contributed by atoms with van der Waals surface area (Å²) in [7, 11) is 0. The molecule has 2 atom stereocenters. The molecular weight excluding hydrogens is 211 g/mol. The molecule has 0 radical (unpaired) electrons. The molecule has 3 heteroatoms. The highest BCUT2D eigenvalue weighted by atomic mass is 32.2. The number of hydrogen-bond acceptors (Lipinski definition) is 2. The summed E-state index contributed by atoms with van der Waals surface area (Å²) >= 11 is 1.79. The lowest BCUT2D eigenvalue weighted by Crippen LogP contribution is -2.27. The molecule has 1 aliphatic heterocycles. The van der Waals surface area contributed by atoms with Crippen molar-refractivity contribution in [1.29, 1.82) is 0 Å². The summed E-state index contributed by atoms with van der Waals surface area (Å²) in [5, 5.41) is 9.66. The molecule has 1 aromatic rings. The van der Waals surface area contributed by atoms with Crippen molar-refractivity contribution < 1.29 is 9.50 Å². The van der Waals surface area contributed by atoms with Crippen LogP contribution in [0.15, 0.2) is 24.3 Å². The van der Waals surface area contributed by atoms with Crippen LogP contribution in [0.25, 0.3) is 0 Å². The number of phenolic OH excluding ortho intramolecular Hbond substituents is 1. The van der Waals surface area contributed by atoms with Crippen LogP contribution in [0, 0.1) is 5.92 Å². The van der Waals surface area contributed by atoms with Crippen molar-refractivity contribution >= 4 is 11.8 Å². The quantitative estimate of drug-likeness (QED) is 0.834. The molecule has 1 saturated heterocycles. The topological polar surface area (TPSA) is 20.2 Å². The Morgan fingerprint density at radius 1 is 1.47 bits per heavy atom. The lowest BCUT2D eigenvalue weighted by Gasteiger charge is -2.27. The maximum Gasteiger partial charge on any atom is 0.140 e. The first-order valence-corrected chi connectivity index (χ1v) is 6.33. The predicted molar refractivity (Wildman–Crippen MR) is 62.0 cm³/mol. The van der Waals surface area contributed by atoms with E-state index in [9.17, 15) is 9.50 Å². The van der Waals surface area contributed by atoms with Gasteiger partial charge in [-0.25, -0.2) is 4.39 Å². The van der Waals surface area contributed by atoms with Crippen LogP contribution in [-0.2, 0) is 5.67 Å². The lowest BCUT2D eigenvalue weighted by molar-refractivity contribution is 0.112. The number of aromatic hydroxyl groups is 1. The van der Waals surface area contributed by atoms with E-state index in [1.807, 2.05) is 0 Å². The molecule has 1 aromatic carbocycles. The van der Waals surface area contributed by atoms with Crippen molar-refractivity contribution in [3.63, 3.8) is 0 Å². The van der Waals surface area contributed by atoms with Gasteiger partial charge in [0.25, 0.3) is 0 Å². The van der Waals surface area contributed by atoms with Gasteiger partial charge in [-0.05, 0) is 30.9 Å². The van der Waals surface area contributed by atoms with Gasteiger partial charge in [-0.2, -0.15) is 11.8 Å². The normalized spacial score (nSPS) is 25.1. The third-order valence-corrected chi connectivity index (χ3v) is 4.29. The SMILES string of the molecule is CC(F)(c1ccccc1O)C1CCSC1. The second-order valence-corrected chi connectivity index (χ2v) is 5.30. The molecule has 1 aliphatic rings. The summed E-state index contributed by atoms with van der Waals surface area (Å²) in [6.45, 7) is 1.58. The summed E-state index contributed by atoms with van der Waals surface area (Å²) in [4.78, 5) is 0. The maximum absolute atomic E-state index is 14.6. The molecule has 1 heterocycles. The number of halogens is 1. The number of rotatable bonds is 2. The van der Waals surface area contributed by atoms with E-state index >= 15 is 0 Å². The highest BCUT2D eigenvalue weighted by molar-refractivity contribution is 7.99. The van der Waals surface area contributed by atoms with Gasteiger partial charge in [-0.15, -0.1) is 0 Å². The van der Waals surface area contributed by atoms with Crippen molar-refractivity contribution in [2.45, 2.75) is 19.0 Å². The zero-order valence-corrected chi connectivity index (χ0v) is 9.56. The predicted octanol–water partition coefficient (Wildman–Crippen LogP) is 3.33. The van der Waals surface area contributed by atoms with Crippen LogP contribution in [0.4, 0.5) is 4.39 Å². The summed E-state index contributed by atoms with van der Waals surface area (Å²) in [6.07, 6.45) is 0.895. The fourth-order valence-electron chi connectivity index (χ4n) is 2.07. The zero-order chi connectivity index (χ0) is 10.9. The van der Waals surface area contributed by atoms with Gasteiger partial charge < -0.3 is 5.11 Å². The summed E-state index contributed by atoms with van der Waals surface area (Å²) in [5.74, 6) is 1.97. The Morgan fingerprint density at radius 3 is 2.80 bits per heavy atom. The van der Waals surface area contributed by atoms with Crippen LogP contribution in [0.3, 0.4) is 0 Å². The summed E-state index contributed by atoms with van der Waals surface area (Å²) in [5.41, 5.74) is -0.980. The molecule has 15 heavy (non-hydrogen) atoms. The minimum absolute atomic E-state index is 0.0239. The van der Waals surface area contributed by atoms with Crippen LogP contribution >= 0.6 is 11.8 Å². The molecule has 0 amide bonds. The van der Waals surface area contributed by atoms with Gasteiger partial charge in [-0.3, -0.25) is 0 Å². The lowest BCUT2D eigenvalue weighted by atomic mass is 9.84. The number of alkyl halides is 1. The molecule has 1 nitrogen and oxygen atoms in total. The van der Waals surface area contributed by atoms with E-state index in [0.717, 1.165) is 17.9 Å². The average molecular weight is 226 g/mol. The minimum Gasteiger partial charge on any atom is -0.508 e. The van der Waals surface area contributed by atoms with Crippen LogP contribution in [-0.4, -0.2) is 16.6 Å². The van der Waals surface area contributed by atoms with E-state index in [-0.39, 0.29) is 11.7 Å².